The molecule has 52 valence electrons. The molecule has 4 rings (SSSR count). The van der Waals surface area contributed by atoms with Crippen LogP contribution in [-0.4, -0.2) is 6.04 Å². The third-order valence-electron chi connectivity index (χ3n) is 3.61. The number of hydrogen-bond acceptors (Lipinski definition) is 1. The molecule has 0 aromatic rings. The Bertz CT molecular complexity index is 217. The molecular weight excluding hydrogens is 126 g/mol. The van der Waals surface area contributed by atoms with Crippen molar-refractivity contribution in [1.29, 1.82) is 0 Å². The first-order chi connectivity index (χ1) is 4.92. The van der Waals surface area contributed by atoms with Gasteiger partial charge in [0, 0.05) is 11.0 Å². The van der Waals surface area contributed by atoms with Gasteiger partial charge in [-0.25, -0.2) is 0 Å². The van der Waals surface area contributed by atoms with Crippen LogP contribution in [0.3, 0.4) is 0 Å². The van der Waals surface area contributed by atoms with Crippen molar-refractivity contribution in [3.05, 3.63) is 10.4 Å². The van der Waals surface area contributed by atoms with Gasteiger partial charge in [-0.15, -0.1) is 0 Å². The summed E-state index contributed by atoms with van der Waals surface area (Å²) in [6, 6.07) is 0.403. The van der Waals surface area contributed by atoms with Gasteiger partial charge in [-0.1, -0.05) is 5.11 Å². The second-order valence-corrected chi connectivity index (χ2v) is 3.83. The normalized spacial score (nSPS) is 60.2. The molecule has 3 atom stereocenters. The van der Waals surface area contributed by atoms with E-state index in [1.54, 1.807) is 0 Å². The van der Waals surface area contributed by atoms with E-state index in [0.717, 1.165) is 23.7 Å². The summed E-state index contributed by atoms with van der Waals surface area (Å²) in [5.74, 6) is 3.54. The van der Waals surface area contributed by atoms with Gasteiger partial charge < -0.3 is 0 Å². The minimum atomic E-state index is 0.403. The SMILES string of the molecule is [N-]=[N+]=NC1C2CC3C(C2)C31. The van der Waals surface area contributed by atoms with E-state index in [0.29, 0.717) is 6.04 Å². The van der Waals surface area contributed by atoms with Crippen molar-refractivity contribution in [1.82, 2.24) is 0 Å². The highest BCUT2D eigenvalue weighted by molar-refractivity contribution is 5.19. The van der Waals surface area contributed by atoms with Crippen LogP contribution in [-0.2, 0) is 0 Å². The second kappa shape index (κ2) is 1.32. The molecule has 0 aromatic carbocycles. The fourth-order valence-electron chi connectivity index (χ4n) is 3.26. The van der Waals surface area contributed by atoms with Crippen molar-refractivity contribution < 1.29 is 0 Å². The summed E-state index contributed by atoms with van der Waals surface area (Å²) in [5.41, 5.74) is 8.26. The third kappa shape index (κ3) is 0.363. The molecule has 3 unspecified atom stereocenters. The number of nitrogens with zero attached hydrogens (tertiary/aromatic N) is 3. The van der Waals surface area contributed by atoms with Crippen molar-refractivity contribution >= 4 is 0 Å². The number of rotatable bonds is 1. The van der Waals surface area contributed by atoms with Gasteiger partial charge in [-0.05, 0) is 42.0 Å². The molecule has 0 saturated heterocycles. The molecule has 0 heterocycles. The average molecular weight is 135 g/mol. The molecule has 0 aliphatic heterocycles. The third-order valence-corrected chi connectivity index (χ3v) is 3.61. The lowest BCUT2D eigenvalue weighted by molar-refractivity contribution is 0.521. The highest BCUT2D eigenvalue weighted by atomic mass is 15.2. The molecule has 0 N–H and O–H groups in total. The van der Waals surface area contributed by atoms with Crippen LogP contribution in [0.5, 0.6) is 0 Å². The lowest BCUT2D eigenvalue weighted by atomic mass is 10.1. The fourth-order valence-corrected chi connectivity index (χ4v) is 3.26. The molecule has 4 saturated carbocycles. The van der Waals surface area contributed by atoms with E-state index in [1.165, 1.54) is 12.8 Å². The zero-order chi connectivity index (χ0) is 6.72. The quantitative estimate of drug-likeness (QED) is 0.300. The molecular formula is C7H9N3. The van der Waals surface area contributed by atoms with E-state index >= 15 is 0 Å². The van der Waals surface area contributed by atoms with Crippen LogP contribution < -0.4 is 0 Å². The Morgan fingerprint density at radius 2 is 2.00 bits per heavy atom. The van der Waals surface area contributed by atoms with Gasteiger partial charge in [-0.3, -0.25) is 0 Å². The first-order valence-corrected chi connectivity index (χ1v) is 3.96. The van der Waals surface area contributed by atoms with E-state index < -0.39 is 0 Å². The van der Waals surface area contributed by atoms with Gasteiger partial charge in [0.1, 0.15) is 0 Å². The van der Waals surface area contributed by atoms with Gasteiger partial charge >= 0.3 is 0 Å². The number of hydrogen-bond donors (Lipinski definition) is 0. The molecule has 4 bridgehead atoms. The van der Waals surface area contributed by atoms with Crippen LogP contribution in [0.25, 0.3) is 10.4 Å². The summed E-state index contributed by atoms with van der Waals surface area (Å²) in [4.78, 5) is 2.90. The highest BCUT2D eigenvalue weighted by Crippen LogP contribution is 2.71. The lowest BCUT2D eigenvalue weighted by Gasteiger charge is -2.04. The summed E-state index contributed by atoms with van der Waals surface area (Å²) in [6.07, 6.45) is 2.72. The summed E-state index contributed by atoms with van der Waals surface area (Å²) >= 11 is 0. The van der Waals surface area contributed by atoms with Gasteiger partial charge in [-0.2, -0.15) is 0 Å². The Labute approximate surface area is 59.0 Å². The largest absolute Gasteiger partial charge is 0.0900 e. The van der Waals surface area contributed by atoms with Crippen LogP contribution in [0.4, 0.5) is 0 Å². The second-order valence-electron chi connectivity index (χ2n) is 3.83. The minimum absolute atomic E-state index is 0.403. The maximum atomic E-state index is 8.26. The first kappa shape index (κ1) is 5.03. The van der Waals surface area contributed by atoms with Crippen LogP contribution in [0.2, 0.25) is 0 Å². The summed E-state index contributed by atoms with van der Waals surface area (Å²) in [5, 5.41) is 3.85. The van der Waals surface area contributed by atoms with Crippen molar-refractivity contribution in [2.45, 2.75) is 18.9 Å². The Morgan fingerprint density at radius 1 is 1.30 bits per heavy atom. The van der Waals surface area contributed by atoms with Gasteiger partial charge in [0.2, 0.25) is 0 Å². The van der Waals surface area contributed by atoms with E-state index in [-0.39, 0.29) is 0 Å². The molecule has 4 fully saturated rings. The molecule has 0 spiro atoms. The van der Waals surface area contributed by atoms with Gasteiger partial charge in [0.25, 0.3) is 0 Å². The first-order valence-electron chi connectivity index (χ1n) is 3.96. The van der Waals surface area contributed by atoms with E-state index in [2.05, 4.69) is 10.0 Å². The van der Waals surface area contributed by atoms with Crippen LogP contribution >= 0.6 is 0 Å². The smallest absolute Gasteiger partial charge is 0.0436 e. The van der Waals surface area contributed by atoms with Crippen molar-refractivity contribution in [3.8, 4) is 0 Å². The van der Waals surface area contributed by atoms with Crippen LogP contribution in [0.1, 0.15) is 12.8 Å². The van der Waals surface area contributed by atoms with E-state index in [9.17, 15) is 0 Å². The Kier molecular flexibility index (Phi) is 0.666. The Morgan fingerprint density at radius 3 is 2.40 bits per heavy atom. The zero-order valence-electron chi connectivity index (χ0n) is 5.64. The van der Waals surface area contributed by atoms with Gasteiger partial charge in [0.15, 0.2) is 0 Å². The maximum Gasteiger partial charge on any atom is 0.0436 e. The predicted octanol–water partition coefficient (Wildman–Crippen LogP) is 1.95. The maximum absolute atomic E-state index is 8.26. The number of azide groups is 1. The highest BCUT2D eigenvalue weighted by Gasteiger charge is 2.67. The van der Waals surface area contributed by atoms with E-state index in [1.807, 2.05) is 0 Å². The molecule has 0 amide bonds. The fraction of sp³-hybridized carbons (Fsp3) is 1.00. The van der Waals surface area contributed by atoms with E-state index in [4.69, 9.17) is 5.53 Å². The zero-order valence-corrected chi connectivity index (χ0v) is 5.64. The van der Waals surface area contributed by atoms with Crippen molar-refractivity contribution in [2.24, 2.45) is 28.8 Å². The monoisotopic (exact) mass is 135 g/mol. The minimum Gasteiger partial charge on any atom is -0.0900 e. The molecule has 3 heteroatoms. The van der Waals surface area contributed by atoms with Crippen molar-refractivity contribution in [2.75, 3.05) is 0 Å². The van der Waals surface area contributed by atoms with Crippen molar-refractivity contribution in [3.63, 3.8) is 0 Å². The molecule has 3 nitrogen and oxygen atoms in total. The van der Waals surface area contributed by atoms with Crippen LogP contribution in [0.15, 0.2) is 5.11 Å². The molecule has 4 aliphatic carbocycles. The molecule has 4 aliphatic rings. The Balaban J connectivity index is 1.96. The Hall–Kier alpha value is -0.690. The summed E-state index contributed by atoms with van der Waals surface area (Å²) < 4.78 is 0. The van der Waals surface area contributed by atoms with Crippen LogP contribution in [0, 0.1) is 23.7 Å². The summed E-state index contributed by atoms with van der Waals surface area (Å²) in [6.45, 7) is 0. The predicted molar refractivity (Wildman–Crippen MR) is 36.1 cm³/mol. The standard InChI is InChI=1S/C7H9N3/c8-10-9-7-3-1-4-5(2-3)6(4)7/h3-7H,1-2H2. The summed E-state index contributed by atoms with van der Waals surface area (Å²) in [7, 11) is 0. The lowest BCUT2D eigenvalue weighted by Crippen LogP contribution is -2.06. The molecule has 0 aromatic heterocycles. The topological polar surface area (TPSA) is 48.8 Å². The molecule has 0 radical (unpaired) electrons. The molecule has 10 heavy (non-hydrogen) atoms. The van der Waals surface area contributed by atoms with Gasteiger partial charge in [0.05, 0.1) is 0 Å². The average Bonchev–Trinajstić information content (AvgIpc) is 2.38.